The summed E-state index contributed by atoms with van der Waals surface area (Å²) >= 11 is 0. The van der Waals surface area contributed by atoms with Crippen LogP contribution in [0.3, 0.4) is 0 Å². The first kappa shape index (κ1) is 16.9. The summed E-state index contributed by atoms with van der Waals surface area (Å²) in [6.45, 7) is 2.65. The lowest BCUT2D eigenvalue weighted by Crippen LogP contribution is -2.39. The van der Waals surface area contributed by atoms with Gasteiger partial charge in [0, 0.05) is 58.9 Å². The van der Waals surface area contributed by atoms with Crippen LogP contribution in [0.25, 0.3) is 0 Å². The van der Waals surface area contributed by atoms with Gasteiger partial charge in [0.05, 0.1) is 0 Å². The second kappa shape index (κ2) is 8.88. The number of aromatic nitrogens is 1. The molecule has 23 heavy (non-hydrogen) atoms. The van der Waals surface area contributed by atoms with E-state index < -0.39 is 0 Å². The van der Waals surface area contributed by atoms with Crippen molar-refractivity contribution in [1.82, 2.24) is 15.2 Å². The lowest BCUT2D eigenvalue weighted by Gasteiger charge is -2.14. The van der Waals surface area contributed by atoms with Gasteiger partial charge in [-0.15, -0.1) is 0 Å². The molecule has 0 amide bonds. The van der Waals surface area contributed by atoms with Gasteiger partial charge < -0.3 is 20.1 Å². The second-order valence-corrected chi connectivity index (χ2v) is 5.66. The quantitative estimate of drug-likeness (QED) is 0.607. The molecule has 1 aromatic carbocycles. The first-order valence-electron chi connectivity index (χ1n) is 8.00. The Morgan fingerprint density at radius 1 is 1.04 bits per heavy atom. The average molecular weight is 313 g/mol. The van der Waals surface area contributed by atoms with Gasteiger partial charge in [0.2, 0.25) is 0 Å². The number of guanidine groups is 1. The largest absolute Gasteiger partial charge is 0.378 e. The van der Waals surface area contributed by atoms with Gasteiger partial charge in [-0.2, -0.15) is 0 Å². The summed E-state index contributed by atoms with van der Waals surface area (Å²) in [5, 5.41) is 6.68. The van der Waals surface area contributed by atoms with Gasteiger partial charge in [-0.1, -0.05) is 12.1 Å². The molecule has 5 heteroatoms. The number of aliphatic imine (C=N–C) groups is 1. The molecule has 2 rings (SSSR count). The van der Waals surface area contributed by atoms with Gasteiger partial charge in [-0.3, -0.25) is 4.99 Å². The van der Waals surface area contributed by atoms with Crippen molar-refractivity contribution in [2.24, 2.45) is 4.99 Å². The van der Waals surface area contributed by atoms with Gasteiger partial charge in [-0.05, 0) is 36.2 Å². The lowest BCUT2D eigenvalue weighted by molar-refractivity contribution is 0.665. The van der Waals surface area contributed by atoms with Crippen LogP contribution in [0.5, 0.6) is 0 Å². The van der Waals surface area contributed by atoms with Gasteiger partial charge in [-0.25, -0.2) is 0 Å². The number of hydrogen-bond donors (Lipinski definition) is 2. The van der Waals surface area contributed by atoms with Gasteiger partial charge in [0.25, 0.3) is 0 Å². The minimum Gasteiger partial charge on any atom is -0.378 e. The van der Waals surface area contributed by atoms with E-state index in [1.54, 1.807) is 7.05 Å². The first-order chi connectivity index (χ1) is 11.2. The molecule has 0 bridgehead atoms. The molecule has 0 unspecified atom stereocenters. The van der Waals surface area contributed by atoms with Crippen LogP contribution in [0.4, 0.5) is 5.69 Å². The third-order valence-corrected chi connectivity index (χ3v) is 3.71. The Kier molecular flexibility index (Phi) is 6.54. The number of benzene rings is 1. The zero-order valence-electron chi connectivity index (χ0n) is 14.3. The molecule has 0 spiro atoms. The van der Waals surface area contributed by atoms with Crippen molar-refractivity contribution in [2.45, 2.75) is 13.0 Å². The molecule has 0 fully saturated rings. The molecule has 124 valence electrons. The summed E-state index contributed by atoms with van der Waals surface area (Å²) in [5.74, 6) is 0.849. The average Bonchev–Trinajstić information content (AvgIpc) is 3.07. The van der Waals surface area contributed by atoms with Crippen molar-refractivity contribution in [3.63, 3.8) is 0 Å². The fourth-order valence-corrected chi connectivity index (χ4v) is 2.33. The highest BCUT2D eigenvalue weighted by molar-refractivity contribution is 5.79. The number of nitrogens with one attached hydrogen (secondary N) is 2. The fourth-order valence-electron chi connectivity index (χ4n) is 2.33. The number of anilines is 1. The summed E-state index contributed by atoms with van der Waals surface area (Å²) in [5.41, 5.74) is 2.55. The van der Waals surface area contributed by atoms with Crippen LogP contribution < -0.4 is 15.5 Å². The van der Waals surface area contributed by atoms with Crippen molar-refractivity contribution in [3.8, 4) is 0 Å². The zero-order chi connectivity index (χ0) is 16.5. The highest BCUT2D eigenvalue weighted by Crippen LogP contribution is 2.12. The Hall–Kier alpha value is -2.43. The van der Waals surface area contributed by atoms with Crippen LogP contribution in [0.2, 0.25) is 0 Å². The Morgan fingerprint density at radius 3 is 2.30 bits per heavy atom. The van der Waals surface area contributed by atoms with E-state index in [4.69, 9.17) is 0 Å². The molecule has 0 aliphatic heterocycles. The Morgan fingerprint density at radius 2 is 1.70 bits per heavy atom. The molecule has 0 saturated carbocycles. The molecular weight excluding hydrogens is 286 g/mol. The number of nitrogens with zero attached hydrogens (tertiary/aromatic N) is 3. The molecule has 0 radical (unpaired) electrons. The lowest BCUT2D eigenvalue weighted by atomic mass is 10.1. The van der Waals surface area contributed by atoms with E-state index >= 15 is 0 Å². The molecule has 0 saturated heterocycles. The highest BCUT2D eigenvalue weighted by Gasteiger charge is 1.99. The van der Waals surface area contributed by atoms with Crippen molar-refractivity contribution >= 4 is 11.6 Å². The minimum atomic E-state index is 0.849. The molecule has 2 N–H and O–H groups in total. The van der Waals surface area contributed by atoms with Crippen molar-refractivity contribution in [1.29, 1.82) is 0 Å². The maximum atomic E-state index is 4.25. The van der Waals surface area contributed by atoms with E-state index in [1.165, 1.54) is 11.3 Å². The minimum absolute atomic E-state index is 0.849. The van der Waals surface area contributed by atoms with Crippen molar-refractivity contribution < 1.29 is 0 Å². The van der Waals surface area contributed by atoms with Crippen molar-refractivity contribution in [3.05, 3.63) is 54.4 Å². The van der Waals surface area contributed by atoms with Gasteiger partial charge >= 0.3 is 0 Å². The fraction of sp³-hybridized carbons (Fsp3) is 0.389. The molecule has 1 heterocycles. The summed E-state index contributed by atoms with van der Waals surface area (Å²) < 4.78 is 2.15. The van der Waals surface area contributed by atoms with E-state index in [9.17, 15) is 0 Å². The molecule has 0 aliphatic carbocycles. The predicted molar refractivity (Wildman–Crippen MR) is 98.3 cm³/mol. The number of hydrogen-bond acceptors (Lipinski definition) is 2. The van der Waals surface area contributed by atoms with Gasteiger partial charge in [0.15, 0.2) is 5.96 Å². The predicted octanol–water partition coefficient (Wildman–Crippen LogP) is 1.96. The zero-order valence-corrected chi connectivity index (χ0v) is 14.3. The first-order valence-corrected chi connectivity index (χ1v) is 8.00. The van der Waals surface area contributed by atoms with Crippen molar-refractivity contribution in [2.75, 3.05) is 39.1 Å². The maximum Gasteiger partial charge on any atom is 0.191 e. The van der Waals surface area contributed by atoms with E-state index in [0.29, 0.717) is 0 Å². The molecule has 0 aliphatic rings. The third kappa shape index (κ3) is 5.70. The van der Waals surface area contributed by atoms with Crippen LogP contribution in [-0.4, -0.2) is 44.8 Å². The second-order valence-electron chi connectivity index (χ2n) is 5.66. The maximum absolute atomic E-state index is 4.25. The van der Waals surface area contributed by atoms with Gasteiger partial charge in [0.1, 0.15) is 0 Å². The van der Waals surface area contributed by atoms with Crippen LogP contribution in [0, 0.1) is 0 Å². The Balaban J connectivity index is 1.68. The van der Waals surface area contributed by atoms with Crippen LogP contribution in [-0.2, 0) is 13.0 Å². The normalized spacial score (nSPS) is 11.3. The molecular formula is C18H27N5. The van der Waals surface area contributed by atoms with E-state index in [-0.39, 0.29) is 0 Å². The van der Waals surface area contributed by atoms with E-state index in [0.717, 1.165) is 32.0 Å². The van der Waals surface area contributed by atoms with E-state index in [1.807, 2.05) is 12.1 Å². The SMILES string of the molecule is CN=C(NCCc1ccc(N(C)C)cc1)NCCn1cccc1. The molecule has 5 nitrogen and oxygen atoms in total. The van der Waals surface area contributed by atoms with E-state index in [2.05, 4.69) is 75.8 Å². The van der Waals surface area contributed by atoms with Crippen LogP contribution in [0.1, 0.15) is 5.56 Å². The summed E-state index contributed by atoms with van der Waals surface area (Å²) in [4.78, 5) is 6.36. The Bertz CT molecular complexity index is 584. The highest BCUT2D eigenvalue weighted by atomic mass is 15.2. The standard InChI is InChI=1S/C18H27N5/c1-19-18(21-12-15-23-13-4-5-14-23)20-11-10-16-6-8-17(9-7-16)22(2)3/h4-9,13-14H,10-12,15H2,1-3H3,(H2,19,20,21). The summed E-state index contributed by atoms with van der Waals surface area (Å²) in [6.07, 6.45) is 5.11. The smallest absolute Gasteiger partial charge is 0.191 e. The Labute approximate surface area is 139 Å². The monoisotopic (exact) mass is 313 g/mol. The van der Waals surface area contributed by atoms with Crippen LogP contribution in [0.15, 0.2) is 53.8 Å². The summed E-state index contributed by atoms with van der Waals surface area (Å²) in [6, 6.07) is 12.7. The summed E-state index contributed by atoms with van der Waals surface area (Å²) in [7, 11) is 5.91. The molecule has 1 aromatic heterocycles. The molecule has 0 atom stereocenters. The third-order valence-electron chi connectivity index (χ3n) is 3.71. The number of rotatable bonds is 7. The topological polar surface area (TPSA) is 44.6 Å². The molecule has 2 aromatic rings. The van der Waals surface area contributed by atoms with Crippen LogP contribution >= 0.6 is 0 Å².